The van der Waals surface area contributed by atoms with Crippen molar-refractivity contribution in [2.75, 3.05) is 0 Å². The van der Waals surface area contributed by atoms with Gasteiger partial charge < -0.3 is 9.59 Å². The predicted octanol–water partition coefficient (Wildman–Crippen LogP) is 2.61. The zero-order valence-electron chi connectivity index (χ0n) is 8.66. The van der Waals surface area contributed by atoms with Crippen molar-refractivity contribution in [3.8, 4) is 0 Å². The van der Waals surface area contributed by atoms with Crippen LogP contribution in [0.2, 0.25) is 0 Å². The lowest BCUT2D eigenvalue weighted by Crippen LogP contribution is -2.04. The van der Waals surface area contributed by atoms with E-state index in [4.69, 9.17) is 0 Å². The number of carbonyl (C=O) groups is 2. The minimum atomic E-state index is 0.198. The number of aldehydes is 2. The molecule has 0 aromatic rings. The van der Waals surface area contributed by atoms with Crippen LogP contribution in [0.1, 0.15) is 46.0 Å². The van der Waals surface area contributed by atoms with E-state index in [1.807, 2.05) is 13.8 Å². The van der Waals surface area contributed by atoms with Crippen LogP contribution in [0.5, 0.6) is 0 Å². The molecule has 2 nitrogen and oxygen atoms in total. The van der Waals surface area contributed by atoms with Crippen LogP contribution in [0.3, 0.4) is 0 Å². The zero-order chi connectivity index (χ0) is 10.1. The lowest BCUT2D eigenvalue weighted by Gasteiger charge is -2.09. The third-order valence-corrected chi connectivity index (χ3v) is 2.58. The summed E-state index contributed by atoms with van der Waals surface area (Å²) >= 11 is 0. The Kier molecular flexibility index (Phi) is 7.56. The second-order valence-corrected chi connectivity index (χ2v) is 3.54. The Balaban J connectivity index is 3.52. The fourth-order valence-corrected chi connectivity index (χ4v) is 1.38. The van der Waals surface area contributed by atoms with E-state index in [0.29, 0.717) is 0 Å². The van der Waals surface area contributed by atoms with Crippen LogP contribution in [-0.4, -0.2) is 12.6 Å². The average molecular weight is 184 g/mol. The molecule has 0 saturated heterocycles. The molecule has 0 aromatic carbocycles. The molecule has 13 heavy (non-hydrogen) atoms. The third-order valence-electron chi connectivity index (χ3n) is 2.58. The first kappa shape index (κ1) is 12.3. The maximum Gasteiger partial charge on any atom is 0.123 e. The molecule has 0 aliphatic carbocycles. The SMILES string of the molecule is CCC(C=O)CCCC(C=O)CC. The Labute approximate surface area is 80.7 Å². The van der Waals surface area contributed by atoms with E-state index in [2.05, 4.69) is 0 Å². The van der Waals surface area contributed by atoms with Crippen LogP contribution in [-0.2, 0) is 9.59 Å². The number of hydrogen-bond donors (Lipinski definition) is 0. The molecule has 0 aromatic heterocycles. The van der Waals surface area contributed by atoms with Gasteiger partial charge in [-0.15, -0.1) is 0 Å². The van der Waals surface area contributed by atoms with Crippen molar-refractivity contribution in [3.63, 3.8) is 0 Å². The molecule has 0 aliphatic rings. The van der Waals surface area contributed by atoms with E-state index in [1.54, 1.807) is 0 Å². The highest BCUT2D eigenvalue weighted by molar-refractivity contribution is 5.54. The second kappa shape index (κ2) is 7.96. The Morgan fingerprint density at radius 1 is 0.923 bits per heavy atom. The Hall–Kier alpha value is -0.660. The fourth-order valence-electron chi connectivity index (χ4n) is 1.38. The zero-order valence-corrected chi connectivity index (χ0v) is 8.66. The Morgan fingerprint density at radius 3 is 1.54 bits per heavy atom. The average Bonchev–Trinajstić information content (AvgIpc) is 2.19. The van der Waals surface area contributed by atoms with Gasteiger partial charge in [0.15, 0.2) is 0 Å². The molecule has 0 saturated carbocycles. The molecule has 2 atom stereocenters. The van der Waals surface area contributed by atoms with Crippen molar-refractivity contribution < 1.29 is 9.59 Å². The smallest absolute Gasteiger partial charge is 0.123 e. The normalized spacial score (nSPS) is 14.9. The van der Waals surface area contributed by atoms with Crippen LogP contribution in [0, 0.1) is 11.8 Å². The lowest BCUT2D eigenvalue weighted by atomic mass is 9.95. The molecular weight excluding hydrogens is 164 g/mol. The molecule has 0 fully saturated rings. The molecule has 0 spiro atoms. The molecule has 0 radical (unpaired) electrons. The van der Waals surface area contributed by atoms with E-state index in [0.717, 1.165) is 44.7 Å². The van der Waals surface area contributed by atoms with Gasteiger partial charge in [0, 0.05) is 11.8 Å². The Bertz CT molecular complexity index is 127. The summed E-state index contributed by atoms with van der Waals surface area (Å²) in [6, 6.07) is 0. The van der Waals surface area contributed by atoms with E-state index in [1.165, 1.54) is 0 Å². The molecule has 0 bridgehead atoms. The van der Waals surface area contributed by atoms with Gasteiger partial charge in [0.1, 0.15) is 12.6 Å². The fraction of sp³-hybridized carbons (Fsp3) is 0.818. The van der Waals surface area contributed by atoms with Gasteiger partial charge in [-0.25, -0.2) is 0 Å². The van der Waals surface area contributed by atoms with E-state index >= 15 is 0 Å². The van der Waals surface area contributed by atoms with E-state index in [-0.39, 0.29) is 11.8 Å². The van der Waals surface area contributed by atoms with Crippen LogP contribution >= 0.6 is 0 Å². The summed E-state index contributed by atoms with van der Waals surface area (Å²) in [7, 11) is 0. The maximum atomic E-state index is 10.5. The summed E-state index contributed by atoms with van der Waals surface area (Å²) in [5.74, 6) is 0.397. The maximum absolute atomic E-state index is 10.5. The van der Waals surface area contributed by atoms with Crippen LogP contribution < -0.4 is 0 Å². The summed E-state index contributed by atoms with van der Waals surface area (Å²) in [5.41, 5.74) is 0. The highest BCUT2D eigenvalue weighted by Gasteiger charge is 2.07. The van der Waals surface area contributed by atoms with Crippen molar-refractivity contribution >= 4 is 12.6 Å². The van der Waals surface area contributed by atoms with Crippen molar-refractivity contribution in [1.82, 2.24) is 0 Å². The van der Waals surface area contributed by atoms with Gasteiger partial charge in [-0.3, -0.25) is 0 Å². The third kappa shape index (κ3) is 5.56. The summed E-state index contributed by atoms with van der Waals surface area (Å²) < 4.78 is 0. The molecule has 2 heteroatoms. The minimum absolute atomic E-state index is 0.198. The predicted molar refractivity (Wildman–Crippen MR) is 53.5 cm³/mol. The van der Waals surface area contributed by atoms with E-state index in [9.17, 15) is 9.59 Å². The quantitative estimate of drug-likeness (QED) is 0.543. The number of hydrogen-bond acceptors (Lipinski definition) is 2. The molecule has 0 N–H and O–H groups in total. The highest BCUT2D eigenvalue weighted by Crippen LogP contribution is 2.14. The van der Waals surface area contributed by atoms with Crippen molar-refractivity contribution in [2.45, 2.75) is 46.0 Å². The summed E-state index contributed by atoms with van der Waals surface area (Å²) in [5, 5.41) is 0. The highest BCUT2D eigenvalue weighted by atomic mass is 16.1. The van der Waals surface area contributed by atoms with Gasteiger partial charge in [0.25, 0.3) is 0 Å². The van der Waals surface area contributed by atoms with Crippen molar-refractivity contribution in [3.05, 3.63) is 0 Å². The monoisotopic (exact) mass is 184 g/mol. The van der Waals surface area contributed by atoms with E-state index < -0.39 is 0 Å². The van der Waals surface area contributed by atoms with Crippen LogP contribution in [0.4, 0.5) is 0 Å². The van der Waals surface area contributed by atoms with Crippen LogP contribution in [0.25, 0.3) is 0 Å². The Morgan fingerprint density at radius 2 is 1.31 bits per heavy atom. The molecule has 76 valence electrons. The molecule has 0 amide bonds. The summed E-state index contributed by atoms with van der Waals surface area (Å²) in [4.78, 5) is 21.0. The first-order valence-electron chi connectivity index (χ1n) is 5.19. The molecule has 2 unspecified atom stereocenters. The lowest BCUT2D eigenvalue weighted by molar-refractivity contribution is -0.111. The topological polar surface area (TPSA) is 34.1 Å². The van der Waals surface area contributed by atoms with Crippen LogP contribution in [0.15, 0.2) is 0 Å². The second-order valence-electron chi connectivity index (χ2n) is 3.54. The van der Waals surface area contributed by atoms with Crippen molar-refractivity contribution in [2.24, 2.45) is 11.8 Å². The molecular formula is C11H20O2. The number of carbonyl (C=O) groups excluding carboxylic acids is 2. The summed E-state index contributed by atoms with van der Waals surface area (Å²) in [6.07, 6.45) is 6.76. The largest absolute Gasteiger partial charge is 0.303 e. The molecule has 0 rings (SSSR count). The van der Waals surface area contributed by atoms with Gasteiger partial charge in [-0.1, -0.05) is 20.3 Å². The van der Waals surface area contributed by atoms with Gasteiger partial charge in [-0.2, -0.15) is 0 Å². The standard InChI is InChI=1S/C11H20O2/c1-3-10(8-12)6-5-7-11(4-2)9-13/h8-11H,3-7H2,1-2H3. The summed E-state index contributed by atoms with van der Waals surface area (Å²) in [6.45, 7) is 4.05. The minimum Gasteiger partial charge on any atom is -0.303 e. The van der Waals surface area contributed by atoms with Gasteiger partial charge >= 0.3 is 0 Å². The first-order chi connectivity index (χ1) is 6.28. The molecule has 0 aliphatic heterocycles. The molecule has 0 heterocycles. The van der Waals surface area contributed by atoms with Gasteiger partial charge in [0.2, 0.25) is 0 Å². The number of rotatable bonds is 8. The van der Waals surface area contributed by atoms with Gasteiger partial charge in [0.05, 0.1) is 0 Å². The first-order valence-corrected chi connectivity index (χ1v) is 5.19. The van der Waals surface area contributed by atoms with Crippen molar-refractivity contribution in [1.29, 1.82) is 0 Å². The van der Waals surface area contributed by atoms with Gasteiger partial charge in [-0.05, 0) is 25.7 Å².